The normalized spacial score (nSPS) is 9.80. The molecule has 0 saturated heterocycles. The molecule has 0 aliphatic rings. The zero-order chi connectivity index (χ0) is 11.3. The molecule has 1 rings (SSSR count). The first-order valence-electron chi connectivity index (χ1n) is 4.71. The minimum absolute atomic E-state index is 0.215. The molecule has 5 nitrogen and oxygen atoms in total. The maximum Gasteiger partial charge on any atom is 0.307 e. The number of hydrogen-bond donors (Lipinski definition) is 0. The van der Waals surface area contributed by atoms with Crippen molar-refractivity contribution in [3.05, 3.63) is 18.1 Å². The molecule has 0 aliphatic heterocycles. The minimum atomic E-state index is -0.215. The number of anilines is 1. The summed E-state index contributed by atoms with van der Waals surface area (Å²) in [6.07, 6.45) is 2.06. The summed E-state index contributed by atoms with van der Waals surface area (Å²) in [6, 6.07) is 1.81. The first kappa shape index (κ1) is 11.4. The van der Waals surface area contributed by atoms with Gasteiger partial charge in [0.15, 0.2) is 0 Å². The lowest BCUT2D eigenvalue weighted by Gasteiger charge is -2.17. The second kappa shape index (κ2) is 5.29. The van der Waals surface area contributed by atoms with Gasteiger partial charge < -0.3 is 9.64 Å². The lowest BCUT2D eigenvalue weighted by molar-refractivity contribution is -0.140. The number of carbonyl (C=O) groups excluding carboxylic acids is 1. The van der Waals surface area contributed by atoms with E-state index in [0.29, 0.717) is 13.0 Å². The van der Waals surface area contributed by atoms with Crippen LogP contribution in [0.2, 0.25) is 0 Å². The highest BCUT2D eigenvalue weighted by Gasteiger charge is 2.06. The Morgan fingerprint density at radius 2 is 2.33 bits per heavy atom. The van der Waals surface area contributed by atoms with Crippen molar-refractivity contribution in [2.75, 3.05) is 25.6 Å². The van der Waals surface area contributed by atoms with Crippen molar-refractivity contribution in [1.29, 1.82) is 0 Å². The van der Waals surface area contributed by atoms with Crippen LogP contribution in [-0.2, 0) is 9.53 Å². The number of carbonyl (C=O) groups is 1. The standard InChI is InChI=1S/C10H15N3O2/c1-8-11-6-4-9(12-8)13(2)7-5-10(14)15-3/h4,6H,5,7H2,1-3H3. The van der Waals surface area contributed by atoms with Gasteiger partial charge >= 0.3 is 5.97 Å². The fraction of sp³-hybridized carbons (Fsp3) is 0.500. The van der Waals surface area contributed by atoms with E-state index in [1.807, 2.05) is 24.9 Å². The predicted octanol–water partition coefficient (Wildman–Crippen LogP) is 0.784. The third-order valence-corrected chi connectivity index (χ3v) is 2.03. The molecular weight excluding hydrogens is 194 g/mol. The van der Waals surface area contributed by atoms with Gasteiger partial charge in [-0.05, 0) is 13.0 Å². The van der Waals surface area contributed by atoms with Gasteiger partial charge in [-0.3, -0.25) is 4.79 Å². The van der Waals surface area contributed by atoms with Crippen molar-refractivity contribution in [2.45, 2.75) is 13.3 Å². The summed E-state index contributed by atoms with van der Waals surface area (Å²) in [7, 11) is 3.27. The Morgan fingerprint density at radius 3 is 2.93 bits per heavy atom. The molecule has 0 unspecified atom stereocenters. The second-order valence-corrected chi connectivity index (χ2v) is 3.21. The molecule has 1 heterocycles. The number of nitrogens with zero attached hydrogens (tertiary/aromatic N) is 3. The summed E-state index contributed by atoms with van der Waals surface area (Å²) in [6.45, 7) is 2.42. The van der Waals surface area contributed by atoms with Crippen LogP contribution in [0.15, 0.2) is 12.3 Å². The molecule has 82 valence electrons. The van der Waals surface area contributed by atoms with Gasteiger partial charge in [0.05, 0.1) is 13.5 Å². The minimum Gasteiger partial charge on any atom is -0.469 e. The van der Waals surface area contributed by atoms with Crippen molar-refractivity contribution in [3.8, 4) is 0 Å². The molecule has 0 saturated carbocycles. The monoisotopic (exact) mass is 209 g/mol. The molecule has 0 bridgehead atoms. The highest BCUT2D eigenvalue weighted by atomic mass is 16.5. The van der Waals surface area contributed by atoms with Crippen LogP contribution < -0.4 is 4.90 Å². The smallest absolute Gasteiger partial charge is 0.307 e. The molecular formula is C10H15N3O2. The maximum atomic E-state index is 10.9. The van der Waals surface area contributed by atoms with Gasteiger partial charge in [0.2, 0.25) is 0 Å². The molecule has 1 aromatic rings. The van der Waals surface area contributed by atoms with Gasteiger partial charge in [-0.15, -0.1) is 0 Å². The molecule has 0 radical (unpaired) electrons. The van der Waals surface area contributed by atoms with E-state index in [0.717, 1.165) is 11.6 Å². The van der Waals surface area contributed by atoms with Crippen LogP contribution in [-0.4, -0.2) is 36.6 Å². The summed E-state index contributed by atoms with van der Waals surface area (Å²) in [4.78, 5) is 21.1. The Bertz CT molecular complexity index is 341. The van der Waals surface area contributed by atoms with Crippen LogP contribution in [0, 0.1) is 6.92 Å². The molecule has 5 heteroatoms. The van der Waals surface area contributed by atoms with Gasteiger partial charge in [-0.1, -0.05) is 0 Å². The Balaban J connectivity index is 2.53. The van der Waals surface area contributed by atoms with Crippen molar-refractivity contribution >= 4 is 11.8 Å². The molecule has 0 atom stereocenters. The largest absolute Gasteiger partial charge is 0.469 e. The Hall–Kier alpha value is -1.65. The van der Waals surface area contributed by atoms with E-state index < -0.39 is 0 Å². The van der Waals surface area contributed by atoms with E-state index >= 15 is 0 Å². The number of methoxy groups -OCH3 is 1. The third kappa shape index (κ3) is 3.53. The number of ether oxygens (including phenoxy) is 1. The number of esters is 1. The third-order valence-electron chi connectivity index (χ3n) is 2.03. The quantitative estimate of drug-likeness (QED) is 0.686. The van der Waals surface area contributed by atoms with Gasteiger partial charge in [0, 0.05) is 19.8 Å². The molecule has 0 spiro atoms. The lowest BCUT2D eigenvalue weighted by Crippen LogP contribution is -2.22. The summed E-state index contributed by atoms with van der Waals surface area (Å²) in [5.74, 6) is 1.32. The van der Waals surface area contributed by atoms with Crippen LogP contribution in [0.5, 0.6) is 0 Å². The van der Waals surface area contributed by atoms with E-state index in [9.17, 15) is 4.79 Å². The Morgan fingerprint density at radius 1 is 1.60 bits per heavy atom. The van der Waals surface area contributed by atoms with Crippen LogP contribution in [0.25, 0.3) is 0 Å². The highest BCUT2D eigenvalue weighted by Crippen LogP contribution is 2.07. The maximum absolute atomic E-state index is 10.9. The van der Waals surface area contributed by atoms with E-state index in [1.165, 1.54) is 7.11 Å². The topological polar surface area (TPSA) is 55.3 Å². The molecule has 0 fully saturated rings. The zero-order valence-corrected chi connectivity index (χ0v) is 9.23. The zero-order valence-electron chi connectivity index (χ0n) is 9.23. The first-order chi connectivity index (χ1) is 7.13. The van der Waals surface area contributed by atoms with Crippen LogP contribution in [0.4, 0.5) is 5.82 Å². The fourth-order valence-corrected chi connectivity index (χ4v) is 1.13. The van der Waals surface area contributed by atoms with Gasteiger partial charge in [-0.25, -0.2) is 9.97 Å². The fourth-order valence-electron chi connectivity index (χ4n) is 1.13. The molecule has 0 amide bonds. The van der Waals surface area contributed by atoms with Crippen molar-refractivity contribution in [2.24, 2.45) is 0 Å². The molecule has 0 N–H and O–H groups in total. The molecule has 0 aromatic carbocycles. The molecule has 0 aliphatic carbocycles. The number of hydrogen-bond acceptors (Lipinski definition) is 5. The Kier molecular flexibility index (Phi) is 4.03. The SMILES string of the molecule is COC(=O)CCN(C)c1ccnc(C)n1. The molecule has 1 aromatic heterocycles. The number of aryl methyl sites for hydroxylation is 1. The Labute approximate surface area is 89.1 Å². The summed E-state index contributed by atoms with van der Waals surface area (Å²) in [5.41, 5.74) is 0. The summed E-state index contributed by atoms with van der Waals surface area (Å²) in [5, 5.41) is 0. The van der Waals surface area contributed by atoms with E-state index in [4.69, 9.17) is 0 Å². The predicted molar refractivity (Wildman–Crippen MR) is 56.7 cm³/mol. The van der Waals surface area contributed by atoms with Gasteiger partial charge in [0.1, 0.15) is 11.6 Å². The van der Waals surface area contributed by atoms with E-state index in [2.05, 4.69) is 14.7 Å². The van der Waals surface area contributed by atoms with E-state index in [1.54, 1.807) is 6.20 Å². The van der Waals surface area contributed by atoms with Crippen molar-refractivity contribution in [3.63, 3.8) is 0 Å². The molecule has 15 heavy (non-hydrogen) atoms. The average molecular weight is 209 g/mol. The van der Waals surface area contributed by atoms with Crippen LogP contribution >= 0.6 is 0 Å². The highest BCUT2D eigenvalue weighted by molar-refractivity contribution is 5.69. The number of aromatic nitrogens is 2. The van der Waals surface area contributed by atoms with Gasteiger partial charge in [-0.2, -0.15) is 0 Å². The van der Waals surface area contributed by atoms with Crippen molar-refractivity contribution < 1.29 is 9.53 Å². The summed E-state index contributed by atoms with van der Waals surface area (Å²) < 4.78 is 4.56. The summed E-state index contributed by atoms with van der Waals surface area (Å²) >= 11 is 0. The van der Waals surface area contributed by atoms with Crippen molar-refractivity contribution in [1.82, 2.24) is 9.97 Å². The van der Waals surface area contributed by atoms with Crippen LogP contribution in [0.1, 0.15) is 12.2 Å². The first-order valence-corrected chi connectivity index (χ1v) is 4.71. The second-order valence-electron chi connectivity index (χ2n) is 3.21. The van der Waals surface area contributed by atoms with Gasteiger partial charge in [0.25, 0.3) is 0 Å². The lowest BCUT2D eigenvalue weighted by atomic mass is 10.4. The van der Waals surface area contributed by atoms with E-state index in [-0.39, 0.29) is 5.97 Å². The number of rotatable bonds is 4. The van der Waals surface area contributed by atoms with Crippen LogP contribution in [0.3, 0.4) is 0 Å². The average Bonchev–Trinajstić information content (AvgIpc) is 2.25.